The summed E-state index contributed by atoms with van der Waals surface area (Å²) in [5.74, 6) is 0.292. The molecule has 0 aliphatic heterocycles. The zero-order valence-corrected chi connectivity index (χ0v) is 15.5. The van der Waals surface area contributed by atoms with Gasteiger partial charge in [0, 0.05) is 16.3 Å². The first-order valence-corrected chi connectivity index (χ1v) is 8.34. The second-order valence-corrected chi connectivity index (χ2v) is 7.63. The molecule has 0 aliphatic carbocycles. The van der Waals surface area contributed by atoms with Crippen LogP contribution in [0.5, 0.6) is 5.75 Å². The number of benzene rings is 2. The van der Waals surface area contributed by atoms with Crippen LogP contribution in [0.1, 0.15) is 10.4 Å². The molecule has 4 nitrogen and oxygen atoms in total. The molecule has 1 amide bonds. The van der Waals surface area contributed by atoms with E-state index in [2.05, 4.69) is 10.6 Å². The Morgan fingerprint density at radius 3 is 2.12 bits per heavy atom. The van der Waals surface area contributed by atoms with E-state index in [0.717, 1.165) is 0 Å². The molecule has 2 rings (SSSR count). The molecule has 0 aromatic heterocycles. The Bertz CT molecular complexity index is 685. The van der Waals surface area contributed by atoms with Crippen molar-refractivity contribution < 1.29 is 9.53 Å². The molecule has 24 heavy (non-hydrogen) atoms. The van der Waals surface area contributed by atoms with E-state index < -0.39 is 15.9 Å². The molecule has 128 valence electrons. The summed E-state index contributed by atoms with van der Waals surface area (Å²) in [6.45, 7) is 0. The van der Waals surface area contributed by atoms with Crippen LogP contribution in [0, 0.1) is 0 Å². The normalized spacial score (nSPS) is 12.4. The second-order valence-electron chi connectivity index (χ2n) is 4.83. The summed E-state index contributed by atoms with van der Waals surface area (Å²) in [5.41, 5.74) is 1.05. The molecule has 0 radical (unpaired) electrons. The summed E-state index contributed by atoms with van der Waals surface area (Å²) in [4.78, 5) is 12.3. The van der Waals surface area contributed by atoms with Crippen molar-refractivity contribution in [1.82, 2.24) is 5.32 Å². The third-order valence-corrected chi connectivity index (χ3v) is 4.02. The highest BCUT2D eigenvalue weighted by atomic mass is 35.6. The molecular weight excluding hydrogens is 394 g/mol. The van der Waals surface area contributed by atoms with Crippen molar-refractivity contribution in [3.05, 3.63) is 59.1 Å². The molecule has 2 aromatic rings. The molecule has 2 N–H and O–H groups in total. The Morgan fingerprint density at radius 2 is 1.62 bits per heavy atom. The predicted octanol–water partition coefficient (Wildman–Crippen LogP) is 4.89. The smallest absolute Gasteiger partial charge is 0.252 e. The largest absolute Gasteiger partial charge is 0.497 e. The summed E-state index contributed by atoms with van der Waals surface area (Å²) >= 11 is 23.7. The third kappa shape index (κ3) is 5.35. The number of anilines is 1. The predicted molar refractivity (Wildman–Crippen MR) is 99.6 cm³/mol. The van der Waals surface area contributed by atoms with Crippen molar-refractivity contribution in [2.45, 2.75) is 9.96 Å². The van der Waals surface area contributed by atoms with Gasteiger partial charge in [-0.15, -0.1) is 0 Å². The number of rotatable bonds is 5. The molecule has 2 aromatic carbocycles. The summed E-state index contributed by atoms with van der Waals surface area (Å²) < 4.78 is 3.33. The van der Waals surface area contributed by atoms with Gasteiger partial charge >= 0.3 is 0 Å². The molecule has 0 saturated heterocycles. The van der Waals surface area contributed by atoms with Crippen molar-refractivity contribution in [3.63, 3.8) is 0 Å². The summed E-state index contributed by atoms with van der Waals surface area (Å²) in [6, 6.07) is 13.4. The van der Waals surface area contributed by atoms with Gasteiger partial charge < -0.3 is 15.4 Å². The van der Waals surface area contributed by atoms with Crippen LogP contribution in [-0.2, 0) is 0 Å². The quantitative estimate of drug-likeness (QED) is 0.548. The topological polar surface area (TPSA) is 50.4 Å². The van der Waals surface area contributed by atoms with Crippen molar-refractivity contribution in [3.8, 4) is 5.75 Å². The first-order valence-electron chi connectivity index (χ1n) is 6.83. The Kier molecular flexibility index (Phi) is 6.47. The minimum Gasteiger partial charge on any atom is -0.497 e. The fraction of sp³-hybridized carbons (Fsp3) is 0.188. The lowest BCUT2D eigenvalue weighted by atomic mass is 10.2. The number of alkyl halides is 3. The minimum atomic E-state index is -1.76. The number of hydrogen-bond acceptors (Lipinski definition) is 3. The maximum absolute atomic E-state index is 12.3. The number of carbonyl (C=O) groups is 1. The first kappa shape index (κ1) is 19.0. The van der Waals surface area contributed by atoms with Crippen molar-refractivity contribution >= 4 is 58.0 Å². The van der Waals surface area contributed by atoms with Gasteiger partial charge in [0.15, 0.2) is 0 Å². The van der Waals surface area contributed by atoms with Gasteiger partial charge in [0.1, 0.15) is 11.9 Å². The third-order valence-electron chi connectivity index (χ3n) is 3.11. The Labute approximate surface area is 160 Å². The highest BCUT2D eigenvalue weighted by Gasteiger charge is 2.34. The molecule has 0 bridgehead atoms. The number of methoxy groups -OCH3 is 1. The van der Waals surface area contributed by atoms with Crippen molar-refractivity contribution in [2.75, 3.05) is 12.4 Å². The molecule has 0 fully saturated rings. The van der Waals surface area contributed by atoms with Gasteiger partial charge in [-0.3, -0.25) is 4.79 Å². The molecule has 1 atom stereocenters. The number of halogens is 4. The van der Waals surface area contributed by atoms with Crippen molar-refractivity contribution in [1.29, 1.82) is 0 Å². The maximum Gasteiger partial charge on any atom is 0.252 e. The molecule has 8 heteroatoms. The molecule has 0 aliphatic rings. The van der Waals surface area contributed by atoms with Crippen LogP contribution in [0.25, 0.3) is 0 Å². The van der Waals surface area contributed by atoms with E-state index in [4.69, 9.17) is 51.1 Å². The summed E-state index contributed by atoms with van der Waals surface area (Å²) in [5, 5.41) is 6.15. The van der Waals surface area contributed by atoms with E-state index >= 15 is 0 Å². The fourth-order valence-corrected chi connectivity index (χ4v) is 2.32. The van der Waals surface area contributed by atoms with Gasteiger partial charge in [0.25, 0.3) is 5.91 Å². The number of amides is 1. The highest BCUT2D eigenvalue weighted by molar-refractivity contribution is 6.68. The molecular formula is C16H14Cl4N2O2. The lowest BCUT2D eigenvalue weighted by molar-refractivity contribution is 0.0942. The molecule has 0 heterocycles. The standard InChI is InChI=1S/C16H14Cl4N2O2/c1-24-13-8-6-12(7-9-13)21-15(16(18,19)20)22-14(23)10-2-4-11(17)5-3-10/h2-9,15,21H,1H3,(H,22,23)/t15-/m0/s1. The van der Waals surface area contributed by atoms with E-state index in [1.165, 1.54) is 0 Å². The van der Waals surface area contributed by atoms with Crippen LogP contribution in [0.3, 0.4) is 0 Å². The zero-order chi connectivity index (χ0) is 17.7. The molecule has 0 saturated carbocycles. The number of hydrogen-bond donors (Lipinski definition) is 2. The van der Waals surface area contributed by atoms with E-state index in [0.29, 0.717) is 22.0 Å². The van der Waals surface area contributed by atoms with E-state index in [1.807, 2.05) is 0 Å². The summed E-state index contributed by atoms with van der Waals surface area (Å²) in [7, 11) is 1.57. The van der Waals surface area contributed by atoms with Crippen LogP contribution in [0.2, 0.25) is 5.02 Å². The van der Waals surface area contributed by atoms with Crippen LogP contribution >= 0.6 is 46.4 Å². The maximum atomic E-state index is 12.3. The second kappa shape index (κ2) is 8.17. The SMILES string of the molecule is COc1ccc(N[C@@H](NC(=O)c2ccc(Cl)cc2)C(Cl)(Cl)Cl)cc1. The minimum absolute atomic E-state index is 0.398. The average molecular weight is 408 g/mol. The van der Waals surface area contributed by atoms with Crippen LogP contribution in [0.4, 0.5) is 5.69 Å². The number of carbonyl (C=O) groups excluding carboxylic acids is 1. The Hall–Kier alpha value is -1.33. The number of ether oxygens (including phenoxy) is 1. The zero-order valence-electron chi connectivity index (χ0n) is 12.5. The lowest BCUT2D eigenvalue weighted by Crippen LogP contribution is -2.49. The van der Waals surface area contributed by atoms with Crippen LogP contribution in [0.15, 0.2) is 48.5 Å². The average Bonchev–Trinajstić information content (AvgIpc) is 2.54. The monoisotopic (exact) mass is 406 g/mol. The molecule has 0 unspecified atom stereocenters. The van der Waals surface area contributed by atoms with E-state index in [1.54, 1.807) is 55.6 Å². The van der Waals surface area contributed by atoms with Gasteiger partial charge in [0.2, 0.25) is 3.79 Å². The first-order chi connectivity index (χ1) is 11.3. The van der Waals surface area contributed by atoms with Gasteiger partial charge in [-0.1, -0.05) is 46.4 Å². The van der Waals surface area contributed by atoms with E-state index in [9.17, 15) is 4.79 Å². The molecule has 0 spiro atoms. The van der Waals surface area contributed by atoms with E-state index in [-0.39, 0.29) is 0 Å². The van der Waals surface area contributed by atoms with Crippen molar-refractivity contribution in [2.24, 2.45) is 0 Å². The van der Waals surface area contributed by atoms with Gasteiger partial charge in [0.05, 0.1) is 7.11 Å². The van der Waals surface area contributed by atoms with Gasteiger partial charge in [-0.25, -0.2) is 0 Å². The highest BCUT2D eigenvalue weighted by Crippen LogP contribution is 2.31. The van der Waals surface area contributed by atoms with Crippen LogP contribution in [-0.4, -0.2) is 23.0 Å². The van der Waals surface area contributed by atoms with Gasteiger partial charge in [-0.05, 0) is 48.5 Å². The Balaban J connectivity index is 2.13. The lowest BCUT2D eigenvalue weighted by Gasteiger charge is -2.27. The Morgan fingerprint density at radius 1 is 1.04 bits per heavy atom. The van der Waals surface area contributed by atoms with Crippen LogP contribution < -0.4 is 15.4 Å². The number of nitrogens with one attached hydrogen (secondary N) is 2. The fourth-order valence-electron chi connectivity index (χ4n) is 1.87. The van der Waals surface area contributed by atoms with Gasteiger partial charge in [-0.2, -0.15) is 0 Å². The summed E-state index contributed by atoms with van der Waals surface area (Å²) in [6.07, 6.45) is -0.945.